The first-order valence-electron chi connectivity index (χ1n) is 14.5. The topological polar surface area (TPSA) is 0 Å². The van der Waals surface area contributed by atoms with Gasteiger partial charge in [0.2, 0.25) is 0 Å². The third-order valence-electron chi connectivity index (χ3n) is 8.45. The fraction of sp³-hybridized carbons (Fsp3) is 0. The van der Waals surface area contributed by atoms with Gasteiger partial charge in [0.05, 0.1) is 0 Å². The highest BCUT2D eigenvalue weighted by Crippen LogP contribution is 2.45. The second kappa shape index (κ2) is 10.2. The van der Waals surface area contributed by atoms with Crippen molar-refractivity contribution < 1.29 is 0 Å². The molecule has 0 saturated heterocycles. The van der Waals surface area contributed by atoms with Crippen molar-refractivity contribution >= 4 is 55.2 Å². The van der Waals surface area contributed by atoms with Crippen molar-refractivity contribution in [2.24, 2.45) is 0 Å². The first-order chi connectivity index (χ1) is 20.8. The highest BCUT2D eigenvalue weighted by atomic mass is 14.2. The van der Waals surface area contributed by atoms with E-state index in [0.29, 0.717) is 0 Å². The maximum Gasteiger partial charge on any atom is -0.00201 e. The molecule has 0 aliphatic heterocycles. The van der Waals surface area contributed by atoms with Crippen LogP contribution < -0.4 is 0 Å². The van der Waals surface area contributed by atoms with Crippen LogP contribution in [0.3, 0.4) is 0 Å². The molecule has 8 aromatic carbocycles. The van der Waals surface area contributed by atoms with Crippen LogP contribution in [0, 0.1) is 0 Å². The van der Waals surface area contributed by atoms with Gasteiger partial charge in [-0.2, -0.15) is 0 Å². The zero-order valence-electron chi connectivity index (χ0n) is 23.2. The van der Waals surface area contributed by atoms with Crippen LogP contribution >= 0.6 is 0 Å². The summed E-state index contributed by atoms with van der Waals surface area (Å²) in [5, 5.41) is 10.2. The molecule has 8 aromatic rings. The second-order valence-electron chi connectivity index (χ2n) is 10.9. The van der Waals surface area contributed by atoms with Crippen LogP contribution in [0.25, 0.3) is 77.5 Å². The maximum atomic E-state index is 2.34. The first kappa shape index (κ1) is 24.3. The summed E-state index contributed by atoms with van der Waals surface area (Å²) in [4.78, 5) is 0. The van der Waals surface area contributed by atoms with E-state index in [-0.39, 0.29) is 0 Å². The summed E-state index contributed by atoms with van der Waals surface area (Å²) in [6.07, 6.45) is 4.44. The molecule has 42 heavy (non-hydrogen) atoms. The average molecular weight is 533 g/mol. The van der Waals surface area contributed by atoms with E-state index in [1.807, 2.05) is 0 Å². The molecular weight excluding hydrogens is 504 g/mol. The summed E-state index contributed by atoms with van der Waals surface area (Å²) in [5.41, 5.74) is 7.52. The van der Waals surface area contributed by atoms with Crippen molar-refractivity contribution in [3.05, 3.63) is 169 Å². The Morgan fingerprint density at radius 1 is 0.333 bits per heavy atom. The van der Waals surface area contributed by atoms with Crippen LogP contribution in [0.4, 0.5) is 0 Å². The molecule has 0 heteroatoms. The molecule has 0 aliphatic rings. The minimum Gasteiger partial charge on any atom is -0.0622 e. The van der Waals surface area contributed by atoms with E-state index in [9.17, 15) is 0 Å². The Labute approximate surface area is 245 Å². The Morgan fingerprint density at radius 2 is 0.905 bits per heavy atom. The monoisotopic (exact) mass is 532 g/mol. The van der Waals surface area contributed by atoms with Crippen LogP contribution in [0.2, 0.25) is 0 Å². The van der Waals surface area contributed by atoms with Gasteiger partial charge in [0.1, 0.15) is 0 Å². The van der Waals surface area contributed by atoms with E-state index in [1.165, 1.54) is 76.5 Å². The SMILES string of the molecule is C(=Cc1cccc2c(-c3c4ccccc4c(-c4ccc5ccccc5c4)c4ccccc34)cccc12)c1ccccc1. The van der Waals surface area contributed by atoms with E-state index < -0.39 is 0 Å². The predicted molar refractivity (Wildman–Crippen MR) is 183 cm³/mol. The second-order valence-corrected chi connectivity index (χ2v) is 10.9. The molecular formula is C42H28. The van der Waals surface area contributed by atoms with Gasteiger partial charge in [0, 0.05) is 0 Å². The minimum atomic E-state index is 1.20. The molecule has 0 N–H and O–H groups in total. The van der Waals surface area contributed by atoms with Gasteiger partial charge in [-0.1, -0.05) is 164 Å². The third-order valence-corrected chi connectivity index (χ3v) is 8.45. The quantitative estimate of drug-likeness (QED) is 0.156. The molecule has 8 rings (SSSR count). The fourth-order valence-electron chi connectivity index (χ4n) is 6.52. The Morgan fingerprint density at radius 3 is 1.64 bits per heavy atom. The molecule has 0 nitrogen and oxygen atoms in total. The molecule has 0 spiro atoms. The van der Waals surface area contributed by atoms with Gasteiger partial charge < -0.3 is 0 Å². The zero-order chi connectivity index (χ0) is 27.9. The number of rotatable bonds is 4. The van der Waals surface area contributed by atoms with Crippen molar-refractivity contribution in [1.82, 2.24) is 0 Å². The molecule has 0 aromatic heterocycles. The van der Waals surface area contributed by atoms with E-state index in [4.69, 9.17) is 0 Å². The van der Waals surface area contributed by atoms with Gasteiger partial charge in [0.15, 0.2) is 0 Å². The summed E-state index contributed by atoms with van der Waals surface area (Å²) >= 11 is 0. The molecule has 196 valence electrons. The Bertz CT molecular complexity index is 2230. The smallest absolute Gasteiger partial charge is 0.00201 e. The molecule has 0 heterocycles. The molecule has 0 saturated carbocycles. The van der Waals surface area contributed by atoms with E-state index in [0.717, 1.165) is 0 Å². The van der Waals surface area contributed by atoms with E-state index in [1.54, 1.807) is 0 Å². The highest BCUT2D eigenvalue weighted by Gasteiger charge is 2.18. The van der Waals surface area contributed by atoms with Gasteiger partial charge in [-0.3, -0.25) is 0 Å². The molecule has 0 aliphatic carbocycles. The molecule has 0 atom stereocenters. The molecule has 0 radical (unpaired) electrons. The first-order valence-corrected chi connectivity index (χ1v) is 14.5. The normalized spacial score (nSPS) is 11.7. The fourth-order valence-corrected chi connectivity index (χ4v) is 6.52. The summed E-state index contributed by atoms with van der Waals surface area (Å²) < 4.78 is 0. The predicted octanol–water partition coefficient (Wildman–Crippen LogP) is 11.8. The van der Waals surface area contributed by atoms with Crippen LogP contribution in [0.5, 0.6) is 0 Å². The number of hydrogen-bond acceptors (Lipinski definition) is 0. The van der Waals surface area contributed by atoms with Crippen LogP contribution in [0.15, 0.2) is 158 Å². The lowest BCUT2D eigenvalue weighted by Gasteiger charge is -2.19. The number of hydrogen-bond donors (Lipinski definition) is 0. The van der Waals surface area contributed by atoms with Crippen molar-refractivity contribution in [1.29, 1.82) is 0 Å². The maximum absolute atomic E-state index is 2.34. The van der Waals surface area contributed by atoms with Gasteiger partial charge in [-0.15, -0.1) is 0 Å². The lowest BCUT2D eigenvalue weighted by molar-refractivity contribution is 1.66. The molecule has 0 amide bonds. The zero-order valence-corrected chi connectivity index (χ0v) is 23.2. The van der Waals surface area contributed by atoms with E-state index >= 15 is 0 Å². The highest BCUT2D eigenvalue weighted by molar-refractivity contribution is 6.24. The lowest BCUT2D eigenvalue weighted by atomic mass is 9.84. The van der Waals surface area contributed by atoms with Gasteiger partial charge >= 0.3 is 0 Å². The Kier molecular flexibility index (Phi) is 5.90. The Balaban J connectivity index is 1.41. The van der Waals surface area contributed by atoms with Crippen LogP contribution in [-0.2, 0) is 0 Å². The summed E-state index contributed by atoms with van der Waals surface area (Å²) in [5.74, 6) is 0. The lowest BCUT2D eigenvalue weighted by Crippen LogP contribution is -1.92. The summed E-state index contributed by atoms with van der Waals surface area (Å²) in [7, 11) is 0. The van der Waals surface area contributed by atoms with Crippen molar-refractivity contribution in [2.45, 2.75) is 0 Å². The number of fused-ring (bicyclic) bond motifs is 4. The summed E-state index contributed by atoms with van der Waals surface area (Å²) in [6, 6.07) is 57.2. The molecule has 0 fully saturated rings. The minimum absolute atomic E-state index is 1.20. The van der Waals surface area contributed by atoms with Crippen molar-refractivity contribution in [2.75, 3.05) is 0 Å². The van der Waals surface area contributed by atoms with Crippen LogP contribution in [0.1, 0.15) is 11.1 Å². The third kappa shape index (κ3) is 4.08. The van der Waals surface area contributed by atoms with E-state index in [2.05, 4.69) is 170 Å². The van der Waals surface area contributed by atoms with Crippen molar-refractivity contribution in [3.63, 3.8) is 0 Å². The number of benzene rings is 8. The standard InChI is InChI=1S/C42H28/c1-2-12-29(13-3-1)24-25-31-16-10-22-35-34(31)21-11-23-36(35)42-39-19-8-6-17-37(39)41(38-18-7-9-20-40(38)42)33-27-26-30-14-4-5-15-32(30)28-33/h1-28H. The van der Waals surface area contributed by atoms with Crippen molar-refractivity contribution in [3.8, 4) is 22.3 Å². The summed E-state index contributed by atoms with van der Waals surface area (Å²) in [6.45, 7) is 0. The molecule has 0 bridgehead atoms. The Hall–Kier alpha value is -5.46. The van der Waals surface area contributed by atoms with Gasteiger partial charge in [0.25, 0.3) is 0 Å². The van der Waals surface area contributed by atoms with Crippen LogP contribution in [-0.4, -0.2) is 0 Å². The largest absolute Gasteiger partial charge is 0.0622 e. The van der Waals surface area contributed by atoms with Gasteiger partial charge in [-0.25, -0.2) is 0 Å². The van der Waals surface area contributed by atoms with Gasteiger partial charge in [-0.05, 0) is 82.5 Å². The molecule has 0 unspecified atom stereocenters. The average Bonchev–Trinajstić information content (AvgIpc) is 3.06.